The number of hydrogen-bond acceptors (Lipinski definition) is 3. The number of para-hydroxylation sites is 1. The first-order valence-corrected chi connectivity index (χ1v) is 6.27. The summed E-state index contributed by atoms with van der Waals surface area (Å²) in [6.07, 6.45) is 0.764. The fraction of sp³-hybridized carbons (Fsp3) is 0.188. The lowest BCUT2D eigenvalue weighted by molar-refractivity contribution is 0.202. The van der Waals surface area contributed by atoms with Crippen LogP contribution in [0.15, 0.2) is 42.5 Å². The van der Waals surface area contributed by atoms with Crippen LogP contribution in [0.3, 0.4) is 0 Å². The van der Waals surface area contributed by atoms with E-state index in [0.29, 0.717) is 17.9 Å². The van der Waals surface area contributed by atoms with Crippen molar-refractivity contribution in [2.45, 2.75) is 6.42 Å². The normalized spacial score (nSPS) is 10.1. The topological polar surface area (TPSA) is 45.0 Å². The zero-order chi connectivity index (χ0) is 14.4. The number of ether oxygens (including phenoxy) is 1. The SMILES string of the molecule is COCCc1ccccc1Nc1cc(F)cc(C#N)c1. The van der Waals surface area contributed by atoms with E-state index in [2.05, 4.69) is 5.32 Å². The highest BCUT2D eigenvalue weighted by atomic mass is 19.1. The van der Waals surface area contributed by atoms with Crippen LogP contribution in [-0.4, -0.2) is 13.7 Å². The molecule has 0 fully saturated rings. The third-order valence-electron chi connectivity index (χ3n) is 2.90. The van der Waals surface area contributed by atoms with Gasteiger partial charge in [-0.15, -0.1) is 0 Å². The number of methoxy groups -OCH3 is 1. The van der Waals surface area contributed by atoms with Gasteiger partial charge in [0.25, 0.3) is 0 Å². The van der Waals surface area contributed by atoms with E-state index in [1.807, 2.05) is 30.3 Å². The molecule has 2 aromatic rings. The molecular weight excluding hydrogens is 255 g/mol. The highest BCUT2D eigenvalue weighted by Gasteiger charge is 2.04. The second-order valence-corrected chi connectivity index (χ2v) is 4.37. The fourth-order valence-corrected chi connectivity index (χ4v) is 1.95. The summed E-state index contributed by atoms with van der Waals surface area (Å²) in [7, 11) is 1.65. The van der Waals surface area contributed by atoms with Crippen molar-refractivity contribution in [2.75, 3.05) is 19.0 Å². The Morgan fingerprint density at radius 1 is 1.25 bits per heavy atom. The van der Waals surface area contributed by atoms with E-state index < -0.39 is 5.82 Å². The summed E-state index contributed by atoms with van der Waals surface area (Å²) in [4.78, 5) is 0. The second-order valence-electron chi connectivity index (χ2n) is 4.37. The lowest BCUT2D eigenvalue weighted by Crippen LogP contribution is -2.00. The number of nitrogens with one attached hydrogen (secondary N) is 1. The minimum Gasteiger partial charge on any atom is -0.384 e. The van der Waals surface area contributed by atoms with Gasteiger partial charge in [-0.2, -0.15) is 5.26 Å². The molecule has 3 nitrogen and oxygen atoms in total. The van der Waals surface area contributed by atoms with Crippen molar-refractivity contribution in [3.63, 3.8) is 0 Å². The first kappa shape index (κ1) is 14.0. The first-order chi connectivity index (χ1) is 9.72. The van der Waals surface area contributed by atoms with Crippen molar-refractivity contribution in [3.05, 3.63) is 59.4 Å². The Morgan fingerprint density at radius 2 is 2.05 bits per heavy atom. The summed E-state index contributed by atoms with van der Waals surface area (Å²) in [6.45, 7) is 0.616. The third kappa shape index (κ3) is 3.56. The van der Waals surface area contributed by atoms with Crippen LogP contribution >= 0.6 is 0 Å². The minimum absolute atomic E-state index is 0.293. The molecular formula is C16H15FN2O. The summed E-state index contributed by atoms with van der Waals surface area (Å²) in [6, 6.07) is 13.9. The molecule has 0 aromatic heterocycles. The van der Waals surface area contributed by atoms with Crippen molar-refractivity contribution < 1.29 is 9.13 Å². The molecule has 1 N–H and O–H groups in total. The smallest absolute Gasteiger partial charge is 0.126 e. The lowest BCUT2D eigenvalue weighted by Gasteiger charge is -2.12. The van der Waals surface area contributed by atoms with Crippen molar-refractivity contribution in [1.29, 1.82) is 5.26 Å². The molecule has 0 heterocycles. The maximum atomic E-state index is 13.4. The predicted molar refractivity (Wildman–Crippen MR) is 76.4 cm³/mol. The van der Waals surface area contributed by atoms with Crippen LogP contribution in [0.4, 0.5) is 15.8 Å². The van der Waals surface area contributed by atoms with Crippen LogP contribution in [-0.2, 0) is 11.2 Å². The molecule has 0 spiro atoms. The lowest BCUT2D eigenvalue weighted by atomic mass is 10.1. The summed E-state index contributed by atoms with van der Waals surface area (Å²) < 4.78 is 18.5. The number of rotatable bonds is 5. The van der Waals surface area contributed by atoms with E-state index in [9.17, 15) is 4.39 Å². The Hall–Kier alpha value is -2.38. The van der Waals surface area contributed by atoms with Crippen molar-refractivity contribution >= 4 is 11.4 Å². The van der Waals surface area contributed by atoms with Crippen molar-refractivity contribution in [3.8, 4) is 6.07 Å². The van der Waals surface area contributed by atoms with Crippen molar-refractivity contribution in [1.82, 2.24) is 0 Å². The van der Waals surface area contributed by atoms with Gasteiger partial charge in [0.1, 0.15) is 5.82 Å². The van der Waals surface area contributed by atoms with Gasteiger partial charge in [0.2, 0.25) is 0 Å². The number of nitrogens with zero attached hydrogens (tertiary/aromatic N) is 1. The maximum absolute atomic E-state index is 13.4. The van der Waals surface area contributed by atoms with E-state index in [-0.39, 0.29) is 0 Å². The summed E-state index contributed by atoms with van der Waals surface area (Å²) in [5.41, 5.74) is 2.82. The molecule has 0 aliphatic carbocycles. The van der Waals surface area contributed by atoms with Gasteiger partial charge in [0, 0.05) is 18.5 Å². The van der Waals surface area contributed by atoms with Crippen molar-refractivity contribution in [2.24, 2.45) is 0 Å². The second kappa shape index (κ2) is 6.69. The largest absolute Gasteiger partial charge is 0.384 e. The third-order valence-corrected chi connectivity index (χ3v) is 2.90. The molecule has 0 unspecified atom stereocenters. The number of anilines is 2. The molecule has 4 heteroatoms. The highest BCUT2D eigenvalue weighted by molar-refractivity contribution is 5.64. The first-order valence-electron chi connectivity index (χ1n) is 6.27. The number of halogens is 1. The quantitative estimate of drug-likeness (QED) is 0.902. The van der Waals surface area contributed by atoms with Gasteiger partial charge in [-0.05, 0) is 36.2 Å². The monoisotopic (exact) mass is 270 g/mol. The molecule has 0 aliphatic rings. The van der Waals surface area contributed by atoms with Gasteiger partial charge in [0.05, 0.1) is 18.2 Å². The molecule has 102 valence electrons. The summed E-state index contributed by atoms with van der Waals surface area (Å²) in [5.74, 6) is -0.430. The molecule has 0 amide bonds. The maximum Gasteiger partial charge on any atom is 0.126 e. The molecule has 20 heavy (non-hydrogen) atoms. The van der Waals surface area contributed by atoms with E-state index in [0.717, 1.165) is 17.7 Å². The Labute approximate surface area is 117 Å². The molecule has 2 aromatic carbocycles. The average Bonchev–Trinajstić information content (AvgIpc) is 2.45. The molecule has 0 atom stereocenters. The molecule has 0 saturated carbocycles. The Morgan fingerprint density at radius 3 is 2.80 bits per heavy atom. The summed E-state index contributed by atoms with van der Waals surface area (Å²) >= 11 is 0. The average molecular weight is 270 g/mol. The Balaban J connectivity index is 2.26. The van der Waals surface area contributed by atoms with Gasteiger partial charge >= 0.3 is 0 Å². The van der Waals surface area contributed by atoms with Crippen LogP contribution in [0.2, 0.25) is 0 Å². The zero-order valence-corrected chi connectivity index (χ0v) is 11.2. The van der Waals surface area contributed by atoms with Gasteiger partial charge < -0.3 is 10.1 Å². The highest BCUT2D eigenvalue weighted by Crippen LogP contribution is 2.23. The predicted octanol–water partition coefficient (Wildman–Crippen LogP) is 3.63. The molecule has 2 rings (SSSR count). The number of hydrogen-bond donors (Lipinski definition) is 1. The van der Waals surface area contributed by atoms with Gasteiger partial charge in [-0.1, -0.05) is 18.2 Å². The van der Waals surface area contributed by atoms with Crippen LogP contribution < -0.4 is 5.32 Å². The molecule has 0 aliphatic heterocycles. The van der Waals surface area contributed by atoms with Gasteiger partial charge in [-0.3, -0.25) is 0 Å². The molecule has 0 radical (unpaired) electrons. The van der Waals surface area contributed by atoms with Crippen LogP contribution in [0.1, 0.15) is 11.1 Å². The molecule has 0 bridgehead atoms. The van der Waals surface area contributed by atoms with E-state index in [1.54, 1.807) is 13.2 Å². The minimum atomic E-state index is -0.430. The number of benzene rings is 2. The van der Waals surface area contributed by atoms with E-state index >= 15 is 0 Å². The van der Waals surface area contributed by atoms with E-state index in [1.165, 1.54) is 12.1 Å². The molecule has 0 saturated heterocycles. The van der Waals surface area contributed by atoms with Crippen LogP contribution in [0.25, 0.3) is 0 Å². The van der Waals surface area contributed by atoms with Gasteiger partial charge in [0.15, 0.2) is 0 Å². The summed E-state index contributed by atoms with van der Waals surface area (Å²) in [5, 5.41) is 12.0. The standard InChI is InChI=1S/C16H15FN2O/c1-20-7-6-13-4-2-3-5-16(13)19-15-9-12(11-18)8-14(17)10-15/h2-5,8-10,19H,6-7H2,1H3. The Bertz CT molecular complexity index is 635. The zero-order valence-electron chi connectivity index (χ0n) is 11.2. The van der Waals surface area contributed by atoms with E-state index in [4.69, 9.17) is 10.00 Å². The Kier molecular flexibility index (Phi) is 4.70. The fourth-order valence-electron chi connectivity index (χ4n) is 1.95. The van der Waals surface area contributed by atoms with Gasteiger partial charge in [-0.25, -0.2) is 4.39 Å². The van der Waals surface area contributed by atoms with Crippen LogP contribution in [0.5, 0.6) is 0 Å². The number of nitriles is 1. The van der Waals surface area contributed by atoms with Crippen LogP contribution in [0, 0.1) is 17.1 Å².